The van der Waals surface area contributed by atoms with Crippen LogP contribution in [0.5, 0.6) is 5.75 Å². The number of esters is 1. The van der Waals surface area contributed by atoms with Gasteiger partial charge in [-0.05, 0) is 85.0 Å². The third-order valence-electron chi connectivity index (χ3n) is 6.60. The van der Waals surface area contributed by atoms with Crippen molar-refractivity contribution in [2.45, 2.75) is 47.0 Å². The molecule has 0 radical (unpaired) electrons. The average Bonchev–Trinajstić information content (AvgIpc) is 3.25. The molecule has 1 amide bonds. The van der Waals surface area contributed by atoms with E-state index in [9.17, 15) is 9.59 Å². The zero-order valence-corrected chi connectivity index (χ0v) is 22.7. The van der Waals surface area contributed by atoms with Gasteiger partial charge in [-0.3, -0.25) is 4.79 Å². The molecule has 0 spiro atoms. The molecular weight excluding hydrogens is 484 g/mol. The number of fused-ring (bicyclic) bond motifs is 1. The summed E-state index contributed by atoms with van der Waals surface area (Å²) in [6.07, 6.45) is 4.69. The molecule has 2 aromatic carbocycles. The van der Waals surface area contributed by atoms with Crippen LogP contribution in [-0.4, -0.2) is 31.3 Å². The van der Waals surface area contributed by atoms with E-state index in [-0.39, 0.29) is 17.9 Å². The molecule has 6 nitrogen and oxygen atoms in total. The lowest BCUT2D eigenvalue weighted by molar-refractivity contribution is -0.145. The number of anilines is 1. The Morgan fingerprint density at radius 1 is 1.11 bits per heavy atom. The predicted octanol–water partition coefficient (Wildman–Crippen LogP) is 6.84. The molecule has 0 saturated carbocycles. The number of amides is 1. The number of carbonyl (C=O) groups is 2. The maximum absolute atomic E-state index is 13.4. The third-order valence-corrected chi connectivity index (χ3v) is 7.77. The van der Waals surface area contributed by atoms with Gasteiger partial charge in [-0.25, -0.2) is 9.79 Å². The van der Waals surface area contributed by atoms with Crippen molar-refractivity contribution in [1.82, 2.24) is 0 Å². The van der Waals surface area contributed by atoms with Crippen molar-refractivity contribution in [3.63, 3.8) is 0 Å². The van der Waals surface area contributed by atoms with Gasteiger partial charge >= 0.3 is 5.97 Å². The van der Waals surface area contributed by atoms with Crippen molar-refractivity contribution in [3.05, 3.63) is 76.2 Å². The Kier molecular flexibility index (Phi) is 8.44. The first-order valence-corrected chi connectivity index (χ1v) is 13.5. The first-order chi connectivity index (χ1) is 17.7. The van der Waals surface area contributed by atoms with Gasteiger partial charge in [0, 0.05) is 16.8 Å². The molecule has 37 heavy (non-hydrogen) atoms. The van der Waals surface area contributed by atoms with Gasteiger partial charge in [0.25, 0.3) is 5.91 Å². The molecule has 3 aromatic rings. The van der Waals surface area contributed by atoms with Crippen LogP contribution < -0.4 is 10.1 Å². The summed E-state index contributed by atoms with van der Waals surface area (Å²) < 4.78 is 10.4. The summed E-state index contributed by atoms with van der Waals surface area (Å²) in [4.78, 5) is 31.0. The molecule has 1 N–H and O–H groups in total. The number of nitrogens with zero attached hydrogens (tertiary/aromatic N) is 1. The SMILES string of the molecule is CCOC(=O)COc1ccc(C=Nc2sc3c(c2C(=O)Nc2ccccc2)CC[C@@H](C(C)(C)C)C3)cc1. The van der Waals surface area contributed by atoms with E-state index >= 15 is 0 Å². The molecule has 0 unspecified atom stereocenters. The van der Waals surface area contributed by atoms with Crippen molar-refractivity contribution in [3.8, 4) is 5.75 Å². The molecule has 1 aliphatic carbocycles. The van der Waals surface area contributed by atoms with Crippen molar-refractivity contribution >= 4 is 40.1 Å². The van der Waals surface area contributed by atoms with Crippen molar-refractivity contribution in [1.29, 1.82) is 0 Å². The number of para-hydroxylation sites is 1. The Labute approximate surface area is 222 Å². The van der Waals surface area contributed by atoms with E-state index in [1.54, 1.807) is 36.6 Å². The summed E-state index contributed by atoms with van der Waals surface area (Å²) in [5.74, 6) is 0.633. The van der Waals surface area contributed by atoms with Crippen LogP contribution in [0.15, 0.2) is 59.6 Å². The largest absolute Gasteiger partial charge is 0.482 e. The second-order valence-corrected chi connectivity index (χ2v) is 11.3. The van der Waals surface area contributed by atoms with E-state index < -0.39 is 5.97 Å². The van der Waals surface area contributed by atoms with Crippen LogP contribution in [0.1, 0.15) is 60.5 Å². The minimum atomic E-state index is -0.398. The van der Waals surface area contributed by atoms with Gasteiger partial charge in [-0.1, -0.05) is 39.0 Å². The summed E-state index contributed by atoms with van der Waals surface area (Å²) in [5.41, 5.74) is 3.67. The van der Waals surface area contributed by atoms with Crippen LogP contribution >= 0.6 is 11.3 Å². The topological polar surface area (TPSA) is 77.0 Å². The van der Waals surface area contributed by atoms with E-state index in [0.29, 0.717) is 23.8 Å². The second-order valence-electron chi connectivity index (χ2n) is 10.2. The lowest BCUT2D eigenvalue weighted by Crippen LogP contribution is -2.27. The molecule has 0 bridgehead atoms. The molecule has 1 aromatic heterocycles. The maximum atomic E-state index is 13.4. The van der Waals surface area contributed by atoms with Gasteiger partial charge < -0.3 is 14.8 Å². The zero-order chi connectivity index (χ0) is 26.4. The molecule has 194 valence electrons. The minimum Gasteiger partial charge on any atom is -0.482 e. The van der Waals surface area contributed by atoms with E-state index in [1.165, 1.54) is 4.88 Å². The molecule has 0 saturated heterocycles. The Morgan fingerprint density at radius 3 is 2.51 bits per heavy atom. The highest BCUT2D eigenvalue weighted by atomic mass is 32.1. The van der Waals surface area contributed by atoms with E-state index in [4.69, 9.17) is 14.5 Å². The number of nitrogens with one attached hydrogen (secondary N) is 1. The van der Waals surface area contributed by atoms with Crippen molar-refractivity contribution < 1.29 is 19.1 Å². The predicted molar refractivity (Wildman–Crippen MR) is 150 cm³/mol. The number of benzene rings is 2. The first kappa shape index (κ1) is 26.6. The summed E-state index contributed by atoms with van der Waals surface area (Å²) in [5, 5.41) is 3.79. The minimum absolute atomic E-state index is 0.118. The third kappa shape index (κ3) is 6.86. The Hall–Kier alpha value is -3.45. The fourth-order valence-electron chi connectivity index (χ4n) is 4.48. The summed E-state index contributed by atoms with van der Waals surface area (Å²) in [7, 11) is 0. The Morgan fingerprint density at radius 2 is 1.84 bits per heavy atom. The molecular formula is C30H34N2O4S. The van der Waals surface area contributed by atoms with Gasteiger partial charge in [0.1, 0.15) is 10.8 Å². The molecule has 4 rings (SSSR count). The molecule has 0 aliphatic heterocycles. The van der Waals surface area contributed by atoms with Crippen LogP contribution in [0.4, 0.5) is 10.7 Å². The van der Waals surface area contributed by atoms with E-state index in [2.05, 4.69) is 26.1 Å². The molecule has 1 aliphatic rings. The van der Waals surface area contributed by atoms with E-state index in [1.807, 2.05) is 42.5 Å². The number of hydrogen-bond donors (Lipinski definition) is 1. The van der Waals surface area contributed by atoms with Gasteiger partial charge in [0.05, 0.1) is 12.2 Å². The van der Waals surface area contributed by atoms with Gasteiger partial charge in [0.15, 0.2) is 6.61 Å². The number of hydrogen-bond acceptors (Lipinski definition) is 6. The molecule has 1 atom stereocenters. The highest BCUT2D eigenvalue weighted by Crippen LogP contribution is 2.45. The fourth-order valence-corrected chi connectivity index (χ4v) is 5.75. The standard InChI is InChI=1S/C30H34N2O4S/c1-5-35-26(33)19-36-23-14-11-20(12-15-23)18-31-29-27(28(34)32-22-9-7-6-8-10-22)24-16-13-21(30(2,3)4)17-25(24)37-29/h6-12,14-15,18,21H,5,13,16-17,19H2,1-4H3,(H,32,34)/t21-/m1/s1. The Bertz CT molecular complexity index is 1260. The number of ether oxygens (including phenoxy) is 2. The van der Waals surface area contributed by atoms with Gasteiger partial charge in [-0.2, -0.15) is 0 Å². The van der Waals surface area contributed by atoms with Crippen molar-refractivity contribution in [2.75, 3.05) is 18.5 Å². The number of rotatable bonds is 8. The number of aliphatic imine (C=N–C) groups is 1. The lowest BCUT2D eigenvalue weighted by Gasteiger charge is -2.33. The Balaban J connectivity index is 1.56. The number of thiophene rings is 1. The zero-order valence-electron chi connectivity index (χ0n) is 21.9. The van der Waals surface area contributed by atoms with Crippen molar-refractivity contribution in [2.24, 2.45) is 16.3 Å². The monoisotopic (exact) mass is 518 g/mol. The highest BCUT2D eigenvalue weighted by molar-refractivity contribution is 7.16. The summed E-state index contributed by atoms with van der Waals surface area (Å²) >= 11 is 1.62. The van der Waals surface area contributed by atoms with Crippen LogP contribution in [-0.2, 0) is 22.4 Å². The smallest absolute Gasteiger partial charge is 0.344 e. The average molecular weight is 519 g/mol. The van der Waals surface area contributed by atoms with Gasteiger partial charge in [-0.15, -0.1) is 11.3 Å². The molecule has 7 heteroatoms. The first-order valence-electron chi connectivity index (χ1n) is 12.7. The van der Waals surface area contributed by atoms with Crippen LogP contribution in [0.25, 0.3) is 0 Å². The maximum Gasteiger partial charge on any atom is 0.344 e. The highest BCUT2D eigenvalue weighted by Gasteiger charge is 2.33. The lowest BCUT2D eigenvalue weighted by atomic mass is 9.72. The number of carbonyl (C=O) groups excluding carboxylic acids is 2. The summed E-state index contributed by atoms with van der Waals surface area (Å²) in [6, 6.07) is 16.8. The fraction of sp³-hybridized carbons (Fsp3) is 0.367. The van der Waals surface area contributed by atoms with Crippen LogP contribution in [0, 0.1) is 11.3 Å². The summed E-state index contributed by atoms with van der Waals surface area (Å²) in [6.45, 7) is 8.83. The quantitative estimate of drug-likeness (QED) is 0.261. The van der Waals surface area contributed by atoms with E-state index in [0.717, 1.165) is 41.1 Å². The normalized spacial score (nSPS) is 15.3. The van der Waals surface area contributed by atoms with Crippen LogP contribution in [0.3, 0.4) is 0 Å². The van der Waals surface area contributed by atoms with Gasteiger partial charge in [0.2, 0.25) is 0 Å². The second kappa shape index (κ2) is 11.7. The molecule has 1 heterocycles. The molecule has 0 fully saturated rings. The van der Waals surface area contributed by atoms with Crippen LogP contribution in [0.2, 0.25) is 0 Å².